The van der Waals surface area contributed by atoms with Gasteiger partial charge in [0.15, 0.2) is 0 Å². The summed E-state index contributed by atoms with van der Waals surface area (Å²) in [7, 11) is 0. The Bertz CT molecular complexity index is 515. The molecule has 0 aromatic rings. The molecule has 0 aromatic carbocycles. The maximum Gasteiger partial charge on any atom is 0.367 e. The average molecular weight is 380 g/mol. The summed E-state index contributed by atoms with van der Waals surface area (Å²) in [5, 5.41) is 22.9. The molecular formula is C12H20N4O8S. The number of urea groups is 1. The van der Waals surface area contributed by atoms with Crippen molar-refractivity contribution in [3.05, 3.63) is 0 Å². The van der Waals surface area contributed by atoms with Crippen molar-refractivity contribution in [1.82, 2.24) is 16.0 Å². The molecule has 0 rings (SSSR count). The largest absolute Gasteiger partial charge is 0.480 e. The third-order valence-electron chi connectivity index (χ3n) is 2.47. The summed E-state index contributed by atoms with van der Waals surface area (Å²) in [5.41, 5.74) is 5.22. The number of carbonyl (C=O) groups excluding carboxylic acids is 3. The fourth-order valence-electron chi connectivity index (χ4n) is 1.28. The quantitative estimate of drug-likeness (QED) is 0.234. The summed E-state index contributed by atoms with van der Waals surface area (Å²) >= 11 is 0.612. The van der Waals surface area contributed by atoms with Crippen molar-refractivity contribution in [2.75, 3.05) is 25.4 Å². The minimum Gasteiger partial charge on any atom is -0.480 e. The second-order valence-electron chi connectivity index (χ2n) is 4.46. The van der Waals surface area contributed by atoms with E-state index in [1.165, 1.54) is 0 Å². The molecule has 142 valence electrons. The molecule has 0 aliphatic heterocycles. The van der Waals surface area contributed by atoms with Gasteiger partial charge in [-0.1, -0.05) is 0 Å². The monoisotopic (exact) mass is 380 g/mol. The lowest BCUT2D eigenvalue weighted by atomic mass is 10.3. The highest BCUT2D eigenvalue weighted by Crippen LogP contribution is 2.07. The van der Waals surface area contributed by atoms with Crippen LogP contribution in [0.4, 0.5) is 9.59 Å². The zero-order chi connectivity index (χ0) is 19.4. The van der Waals surface area contributed by atoms with Crippen LogP contribution < -0.4 is 21.7 Å². The number of carboxylic acids is 2. The highest BCUT2D eigenvalue weighted by molar-refractivity contribution is 8.13. The van der Waals surface area contributed by atoms with E-state index in [9.17, 15) is 24.0 Å². The highest BCUT2D eigenvalue weighted by atomic mass is 32.2. The Kier molecular flexibility index (Phi) is 10.7. The summed E-state index contributed by atoms with van der Waals surface area (Å²) in [6.07, 6.45) is 0. The van der Waals surface area contributed by atoms with Crippen LogP contribution in [0.25, 0.3) is 0 Å². The van der Waals surface area contributed by atoms with E-state index >= 15 is 0 Å². The van der Waals surface area contributed by atoms with Gasteiger partial charge in [-0.15, -0.1) is 0 Å². The molecule has 2 atom stereocenters. The van der Waals surface area contributed by atoms with Gasteiger partial charge in [0, 0.05) is 12.3 Å². The number of carboxylic acid groups (broad SMARTS) is 2. The number of nitrogens with two attached hydrogens (primary N) is 1. The number of thioether (sulfide) groups is 1. The van der Waals surface area contributed by atoms with Gasteiger partial charge < -0.3 is 36.6 Å². The molecule has 13 heteroatoms. The Morgan fingerprint density at radius 2 is 1.80 bits per heavy atom. The van der Waals surface area contributed by atoms with Crippen LogP contribution in [0.3, 0.4) is 0 Å². The number of hydrogen-bond acceptors (Lipinski definition) is 8. The van der Waals surface area contributed by atoms with Gasteiger partial charge in [-0.3, -0.25) is 14.4 Å². The van der Waals surface area contributed by atoms with Gasteiger partial charge >= 0.3 is 23.3 Å². The molecule has 0 fully saturated rings. The maximum atomic E-state index is 11.9. The van der Waals surface area contributed by atoms with Crippen LogP contribution in [-0.4, -0.2) is 76.9 Å². The Morgan fingerprint density at radius 1 is 1.16 bits per heavy atom. The molecule has 7 N–H and O–H groups in total. The topological polar surface area (TPSA) is 197 Å². The van der Waals surface area contributed by atoms with E-state index in [1.807, 2.05) is 0 Å². The van der Waals surface area contributed by atoms with E-state index in [0.717, 1.165) is 0 Å². The van der Waals surface area contributed by atoms with E-state index in [4.69, 9.17) is 15.9 Å². The van der Waals surface area contributed by atoms with Crippen molar-refractivity contribution in [2.24, 2.45) is 5.73 Å². The Hall–Kier alpha value is -2.54. The minimum absolute atomic E-state index is 0.128. The van der Waals surface area contributed by atoms with Crippen LogP contribution >= 0.6 is 11.8 Å². The Labute approximate surface area is 146 Å². The van der Waals surface area contributed by atoms with E-state index < -0.39 is 54.4 Å². The van der Waals surface area contributed by atoms with Crippen molar-refractivity contribution >= 4 is 40.9 Å². The number of amides is 3. The van der Waals surface area contributed by atoms with Gasteiger partial charge in [0.1, 0.15) is 18.6 Å². The molecule has 0 bridgehead atoms. The smallest absolute Gasteiger partial charge is 0.367 e. The summed E-state index contributed by atoms with van der Waals surface area (Å²) in [6, 6.07) is -3.50. The standard InChI is InChI=1S/C12H20N4O8S/c1-2-24-12(23)25-5-7(9(19)14-4-8(17)18)16-11(22)15-3-6(13)10(20)21/h6-7H,2-5,13H2,1H3,(H,14,19)(H,17,18)(H,20,21)(H2,15,16,22)/t6-,7?/m0/s1. The first-order valence-electron chi connectivity index (χ1n) is 6.99. The van der Waals surface area contributed by atoms with Crippen LogP contribution in [0, 0.1) is 0 Å². The van der Waals surface area contributed by atoms with Crippen molar-refractivity contribution in [3.8, 4) is 0 Å². The Morgan fingerprint density at radius 3 is 2.32 bits per heavy atom. The van der Waals surface area contributed by atoms with Crippen molar-refractivity contribution in [2.45, 2.75) is 19.0 Å². The van der Waals surface area contributed by atoms with Crippen molar-refractivity contribution in [3.63, 3.8) is 0 Å². The fourth-order valence-corrected chi connectivity index (χ4v) is 2.02. The number of ether oxygens (including phenoxy) is 1. The zero-order valence-corrected chi connectivity index (χ0v) is 14.1. The first-order chi connectivity index (χ1) is 11.7. The molecule has 0 heterocycles. The lowest BCUT2D eigenvalue weighted by Gasteiger charge is -2.18. The van der Waals surface area contributed by atoms with Crippen LogP contribution in [-0.2, 0) is 19.1 Å². The third kappa shape index (κ3) is 10.8. The average Bonchev–Trinajstić information content (AvgIpc) is 2.54. The number of nitrogens with one attached hydrogen (secondary N) is 3. The van der Waals surface area contributed by atoms with E-state index in [1.54, 1.807) is 6.92 Å². The van der Waals surface area contributed by atoms with E-state index in [2.05, 4.69) is 20.7 Å². The molecule has 0 aliphatic rings. The number of hydrogen-bond donors (Lipinski definition) is 6. The molecule has 0 aromatic heterocycles. The fraction of sp³-hybridized carbons (Fsp3) is 0.583. The van der Waals surface area contributed by atoms with Crippen LogP contribution in [0.5, 0.6) is 0 Å². The van der Waals surface area contributed by atoms with E-state index in [-0.39, 0.29) is 12.4 Å². The second kappa shape index (κ2) is 11.9. The zero-order valence-electron chi connectivity index (χ0n) is 13.3. The predicted molar refractivity (Wildman–Crippen MR) is 86.1 cm³/mol. The van der Waals surface area contributed by atoms with Gasteiger partial charge in [0.2, 0.25) is 5.91 Å². The second-order valence-corrected chi connectivity index (χ2v) is 5.41. The van der Waals surface area contributed by atoms with Crippen LogP contribution in [0.1, 0.15) is 6.92 Å². The lowest BCUT2D eigenvalue weighted by molar-refractivity contribution is -0.138. The molecular weight excluding hydrogens is 360 g/mol. The summed E-state index contributed by atoms with van der Waals surface area (Å²) < 4.78 is 4.67. The van der Waals surface area contributed by atoms with Gasteiger partial charge in [-0.2, -0.15) is 0 Å². The minimum atomic E-state index is -1.33. The number of aliphatic carboxylic acids is 2. The summed E-state index contributed by atoms with van der Waals surface area (Å²) in [4.78, 5) is 56.0. The van der Waals surface area contributed by atoms with E-state index in [0.29, 0.717) is 11.8 Å². The first kappa shape index (κ1) is 22.5. The SMILES string of the molecule is CCOC(=O)SCC(NC(=O)NC[C@H](N)C(=O)O)C(=O)NCC(=O)O. The molecule has 1 unspecified atom stereocenters. The first-order valence-corrected chi connectivity index (χ1v) is 7.97. The molecule has 25 heavy (non-hydrogen) atoms. The normalized spacial score (nSPS) is 12.4. The summed E-state index contributed by atoms with van der Waals surface area (Å²) in [6.45, 7) is 0.651. The van der Waals surface area contributed by atoms with Crippen molar-refractivity contribution in [1.29, 1.82) is 0 Å². The molecule has 12 nitrogen and oxygen atoms in total. The van der Waals surface area contributed by atoms with Gasteiger partial charge in [0.25, 0.3) is 0 Å². The van der Waals surface area contributed by atoms with Crippen LogP contribution in [0.15, 0.2) is 0 Å². The Balaban J connectivity index is 4.66. The van der Waals surface area contributed by atoms with Gasteiger partial charge in [-0.25, -0.2) is 9.59 Å². The van der Waals surface area contributed by atoms with Crippen LogP contribution in [0.2, 0.25) is 0 Å². The predicted octanol–water partition coefficient (Wildman–Crippen LogP) is -1.84. The molecule has 0 saturated heterocycles. The maximum absolute atomic E-state index is 11.9. The molecule has 3 amide bonds. The molecule has 0 spiro atoms. The summed E-state index contributed by atoms with van der Waals surface area (Å²) in [5.74, 6) is -3.67. The lowest BCUT2D eigenvalue weighted by Crippen LogP contribution is -2.54. The third-order valence-corrected chi connectivity index (χ3v) is 3.32. The highest BCUT2D eigenvalue weighted by Gasteiger charge is 2.23. The van der Waals surface area contributed by atoms with Crippen molar-refractivity contribution < 1.29 is 38.9 Å². The molecule has 0 saturated carbocycles. The number of rotatable bonds is 10. The van der Waals surface area contributed by atoms with Gasteiger partial charge in [0.05, 0.1) is 6.61 Å². The number of carbonyl (C=O) groups is 5. The molecule has 0 radical (unpaired) electrons. The van der Waals surface area contributed by atoms with Gasteiger partial charge in [-0.05, 0) is 18.7 Å². The molecule has 0 aliphatic carbocycles.